The second-order valence-corrected chi connectivity index (χ2v) is 7.78. The highest BCUT2D eigenvalue weighted by atomic mass is 35.5. The Kier molecular flexibility index (Phi) is 5.35. The molecule has 1 N–H and O–H groups in total. The predicted octanol–water partition coefficient (Wildman–Crippen LogP) is 4.57. The van der Waals surface area contributed by atoms with E-state index in [4.69, 9.17) is 16.3 Å². The average molecular weight is 426 g/mol. The van der Waals surface area contributed by atoms with Gasteiger partial charge in [0, 0.05) is 35.7 Å². The number of carboxylic acid groups (broad SMARTS) is 1. The molecule has 0 saturated heterocycles. The van der Waals surface area contributed by atoms with Crippen LogP contribution in [0, 0.1) is 0 Å². The Labute approximate surface area is 178 Å². The van der Waals surface area contributed by atoms with Gasteiger partial charge in [0.05, 0.1) is 17.7 Å². The summed E-state index contributed by atoms with van der Waals surface area (Å²) >= 11 is 6.00. The molecule has 0 spiro atoms. The molecule has 2 aromatic carbocycles. The number of ketones is 1. The summed E-state index contributed by atoms with van der Waals surface area (Å²) in [7, 11) is 1.57. The average Bonchev–Trinajstić information content (AvgIpc) is 2.74. The molecule has 1 heterocycles. The third-order valence-electron chi connectivity index (χ3n) is 5.61. The van der Waals surface area contributed by atoms with E-state index in [-0.39, 0.29) is 34.6 Å². The largest absolute Gasteiger partial charge is 0.497 e. The predicted molar refractivity (Wildman–Crippen MR) is 112 cm³/mol. The van der Waals surface area contributed by atoms with Crippen LogP contribution in [0.25, 0.3) is 0 Å². The second-order valence-electron chi connectivity index (χ2n) is 7.37. The van der Waals surface area contributed by atoms with Crippen LogP contribution in [0.2, 0.25) is 5.02 Å². The Morgan fingerprint density at radius 3 is 2.70 bits per heavy atom. The first-order chi connectivity index (χ1) is 14.4. The maximum Gasteiger partial charge on any atom is 0.337 e. The van der Waals surface area contributed by atoms with Crippen molar-refractivity contribution in [3.63, 3.8) is 0 Å². The highest BCUT2D eigenvalue weighted by Crippen LogP contribution is 2.44. The van der Waals surface area contributed by atoms with Crippen LogP contribution in [0.15, 0.2) is 53.7 Å². The van der Waals surface area contributed by atoms with E-state index in [1.807, 2.05) is 24.3 Å². The molecular weight excluding hydrogens is 406 g/mol. The number of nitrogens with zero attached hydrogens (tertiary/aromatic N) is 1. The molecule has 0 bridgehead atoms. The highest BCUT2D eigenvalue weighted by Gasteiger charge is 2.40. The van der Waals surface area contributed by atoms with E-state index in [9.17, 15) is 19.5 Å². The zero-order chi connectivity index (χ0) is 21.4. The molecule has 1 unspecified atom stereocenters. The van der Waals surface area contributed by atoms with Crippen molar-refractivity contribution >= 4 is 34.9 Å². The maximum absolute atomic E-state index is 13.2. The molecule has 154 valence electrons. The van der Waals surface area contributed by atoms with Crippen molar-refractivity contribution in [3.8, 4) is 5.75 Å². The first-order valence-corrected chi connectivity index (χ1v) is 10.0. The smallest absolute Gasteiger partial charge is 0.337 e. The normalized spacial score (nSPS) is 19.0. The highest BCUT2D eigenvalue weighted by molar-refractivity contribution is 6.33. The molecule has 1 aliphatic heterocycles. The van der Waals surface area contributed by atoms with Crippen molar-refractivity contribution in [2.75, 3.05) is 12.0 Å². The Morgan fingerprint density at radius 1 is 1.17 bits per heavy atom. The fraction of sp³-hybridized carbons (Fsp3) is 0.261. The number of Topliss-reactive ketones (excluding diaryl/α,β-unsaturated/α-hetero) is 1. The minimum atomic E-state index is -1.17. The van der Waals surface area contributed by atoms with Crippen LogP contribution in [0.3, 0.4) is 0 Å². The van der Waals surface area contributed by atoms with E-state index in [0.29, 0.717) is 42.0 Å². The fourth-order valence-electron chi connectivity index (χ4n) is 4.25. The number of hydrogen-bond acceptors (Lipinski definition) is 4. The Morgan fingerprint density at radius 2 is 1.97 bits per heavy atom. The number of ether oxygens (including phenoxy) is 1. The summed E-state index contributed by atoms with van der Waals surface area (Å²) in [6.07, 6.45) is 1.76. The monoisotopic (exact) mass is 425 g/mol. The summed E-state index contributed by atoms with van der Waals surface area (Å²) in [5.41, 5.74) is 2.46. The number of halogens is 1. The number of benzene rings is 2. The molecule has 30 heavy (non-hydrogen) atoms. The van der Waals surface area contributed by atoms with Gasteiger partial charge in [-0.3, -0.25) is 14.5 Å². The fourth-order valence-corrected chi connectivity index (χ4v) is 4.45. The van der Waals surface area contributed by atoms with Crippen molar-refractivity contribution in [1.29, 1.82) is 0 Å². The number of carbonyl (C=O) groups excluding carboxylic acids is 2. The molecule has 1 aliphatic carbocycles. The zero-order valence-corrected chi connectivity index (χ0v) is 17.1. The molecule has 1 amide bonds. The molecule has 7 heteroatoms. The van der Waals surface area contributed by atoms with Crippen LogP contribution in [0.4, 0.5) is 5.69 Å². The number of hydrogen-bond donors (Lipinski definition) is 1. The third-order valence-corrected chi connectivity index (χ3v) is 5.94. The van der Waals surface area contributed by atoms with Gasteiger partial charge in [-0.05, 0) is 48.7 Å². The van der Waals surface area contributed by atoms with E-state index >= 15 is 0 Å². The quantitative estimate of drug-likeness (QED) is 0.775. The molecule has 0 fully saturated rings. The van der Waals surface area contributed by atoms with E-state index < -0.39 is 5.97 Å². The summed E-state index contributed by atoms with van der Waals surface area (Å²) in [6.45, 7) is 0. The van der Waals surface area contributed by atoms with Crippen LogP contribution in [0.5, 0.6) is 5.75 Å². The SMILES string of the molecule is COc1cccc(C2CC(=O)N(c3ccc(Cl)c(C(=O)O)c3)C3=C2C(=O)CCC3)c1. The Bertz CT molecular complexity index is 1090. The van der Waals surface area contributed by atoms with Crippen LogP contribution in [-0.2, 0) is 9.59 Å². The summed E-state index contributed by atoms with van der Waals surface area (Å²) < 4.78 is 5.31. The molecule has 0 saturated carbocycles. The first kappa shape index (κ1) is 20.2. The van der Waals surface area contributed by atoms with Crippen molar-refractivity contribution in [2.45, 2.75) is 31.6 Å². The molecule has 4 rings (SSSR count). The van der Waals surface area contributed by atoms with Crippen molar-refractivity contribution in [1.82, 2.24) is 0 Å². The first-order valence-electron chi connectivity index (χ1n) is 9.66. The number of allylic oxidation sites excluding steroid dienone is 2. The lowest BCUT2D eigenvalue weighted by Crippen LogP contribution is -2.40. The van der Waals surface area contributed by atoms with Gasteiger partial charge in [0.1, 0.15) is 5.75 Å². The number of carboxylic acids is 1. The number of anilines is 1. The number of methoxy groups -OCH3 is 1. The summed E-state index contributed by atoms with van der Waals surface area (Å²) in [6, 6.07) is 11.9. The molecule has 2 aromatic rings. The summed E-state index contributed by atoms with van der Waals surface area (Å²) in [4.78, 5) is 39.2. The standard InChI is InChI=1S/C23H20ClNO5/c1-30-15-5-2-4-13(10-15)16-12-21(27)25(19-6-3-7-20(26)22(16)19)14-8-9-18(24)17(11-14)23(28)29/h2,4-5,8-11,16H,3,6-7,12H2,1H3,(H,28,29). The van der Waals surface area contributed by atoms with Crippen LogP contribution in [-0.4, -0.2) is 29.9 Å². The van der Waals surface area contributed by atoms with Crippen molar-refractivity contribution in [2.24, 2.45) is 0 Å². The molecule has 6 nitrogen and oxygen atoms in total. The lowest BCUT2D eigenvalue weighted by atomic mass is 9.77. The second kappa shape index (κ2) is 7.95. The van der Waals surface area contributed by atoms with Gasteiger partial charge in [0.25, 0.3) is 0 Å². The van der Waals surface area contributed by atoms with Gasteiger partial charge in [-0.15, -0.1) is 0 Å². The lowest BCUT2D eigenvalue weighted by Gasteiger charge is -2.38. The Balaban J connectivity index is 1.86. The number of rotatable bonds is 4. The van der Waals surface area contributed by atoms with Gasteiger partial charge in [-0.2, -0.15) is 0 Å². The van der Waals surface area contributed by atoms with Gasteiger partial charge in [-0.1, -0.05) is 23.7 Å². The molecule has 0 aromatic heterocycles. The lowest BCUT2D eigenvalue weighted by molar-refractivity contribution is -0.119. The maximum atomic E-state index is 13.2. The van der Waals surface area contributed by atoms with Crippen molar-refractivity contribution < 1.29 is 24.2 Å². The van der Waals surface area contributed by atoms with Crippen LogP contribution in [0.1, 0.15) is 47.5 Å². The van der Waals surface area contributed by atoms with Gasteiger partial charge in [0.15, 0.2) is 5.78 Å². The number of amides is 1. The topological polar surface area (TPSA) is 83.9 Å². The summed E-state index contributed by atoms with van der Waals surface area (Å²) in [5.74, 6) is -1.02. The van der Waals surface area contributed by atoms with E-state index in [2.05, 4.69) is 0 Å². The third kappa shape index (κ3) is 3.48. The van der Waals surface area contributed by atoms with E-state index in [1.165, 1.54) is 17.0 Å². The van der Waals surface area contributed by atoms with E-state index in [0.717, 1.165) is 5.56 Å². The molecule has 2 aliphatic rings. The van der Waals surface area contributed by atoms with Crippen LogP contribution >= 0.6 is 11.6 Å². The number of aromatic carboxylic acids is 1. The van der Waals surface area contributed by atoms with Crippen molar-refractivity contribution in [3.05, 3.63) is 69.9 Å². The van der Waals surface area contributed by atoms with Gasteiger partial charge in [0.2, 0.25) is 5.91 Å². The summed E-state index contributed by atoms with van der Waals surface area (Å²) in [5, 5.41) is 9.50. The van der Waals surface area contributed by atoms with Crippen LogP contribution < -0.4 is 9.64 Å². The molecule has 0 radical (unpaired) electrons. The molecule has 1 atom stereocenters. The van der Waals surface area contributed by atoms with Gasteiger partial charge < -0.3 is 9.84 Å². The molecular formula is C23H20ClNO5. The minimum absolute atomic E-state index is 0.0222. The zero-order valence-electron chi connectivity index (χ0n) is 16.4. The Hall–Kier alpha value is -3.12. The minimum Gasteiger partial charge on any atom is -0.497 e. The van der Waals surface area contributed by atoms with Gasteiger partial charge in [-0.25, -0.2) is 4.79 Å². The number of carbonyl (C=O) groups is 3. The van der Waals surface area contributed by atoms with Gasteiger partial charge >= 0.3 is 5.97 Å². The van der Waals surface area contributed by atoms with E-state index in [1.54, 1.807) is 13.2 Å².